The normalized spacial score (nSPS) is 12.5. The number of benzene rings is 1. The van der Waals surface area contributed by atoms with Gasteiger partial charge in [-0.05, 0) is 37.1 Å². The number of aryl methyl sites for hydroxylation is 1. The average Bonchev–Trinajstić information content (AvgIpc) is 2.87. The maximum atomic E-state index is 4.42. The van der Waals surface area contributed by atoms with Crippen molar-refractivity contribution in [3.8, 4) is 0 Å². The lowest BCUT2D eigenvalue weighted by Crippen LogP contribution is -2.34. The summed E-state index contributed by atoms with van der Waals surface area (Å²) in [4.78, 5) is 4.42. The highest BCUT2D eigenvalue weighted by atomic mass is 79.9. The Bertz CT molecular complexity index is 553. The zero-order valence-electron chi connectivity index (χ0n) is 12.7. The molecule has 21 heavy (non-hydrogen) atoms. The first-order valence-electron chi connectivity index (χ1n) is 7.57. The zero-order valence-corrected chi connectivity index (χ0v) is 14.3. The Kier molecular flexibility index (Phi) is 6.39. The molecule has 1 heterocycles. The van der Waals surface area contributed by atoms with Crippen LogP contribution in [0.4, 0.5) is 0 Å². The van der Waals surface area contributed by atoms with Crippen LogP contribution in [-0.4, -0.2) is 27.4 Å². The van der Waals surface area contributed by atoms with Crippen LogP contribution in [0, 0.1) is 0 Å². The van der Waals surface area contributed by atoms with E-state index in [1.807, 2.05) is 4.68 Å². The number of nitrogens with one attached hydrogen (secondary N) is 1. The summed E-state index contributed by atoms with van der Waals surface area (Å²) in [6, 6.07) is 8.88. The molecular formula is C16H23BrN4. The summed E-state index contributed by atoms with van der Waals surface area (Å²) in [6.45, 7) is 6.20. The summed E-state index contributed by atoms with van der Waals surface area (Å²) in [5.41, 5.74) is 1.33. The van der Waals surface area contributed by atoms with Gasteiger partial charge in [0.05, 0.1) is 0 Å². The summed E-state index contributed by atoms with van der Waals surface area (Å²) in [5, 5.41) is 7.87. The summed E-state index contributed by atoms with van der Waals surface area (Å²) in [7, 11) is 0. The van der Waals surface area contributed by atoms with Crippen LogP contribution in [0.3, 0.4) is 0 Å². The molecular weight excluding hydrogens is 328 g/mol. The van der Waals surface area contributed by atoms with Crippen LogP contribution in [0.2, 0.25) is 0 Å². The highest BCUT2D eigenvalue weighted by Gasteiger charge is 2.13. The fraction of sp³-hybridized carbons (Fsp3) is 0.500. The van der Waals surface area contributed by atoms with E-state index in [4.69, 9.17) is 0 Å². The van der Waals surface area contributed by atoms with E-state index in [2.05, 4.69) is 69.4 Å². The van der Waals surface area contributed by atoms with Crippen molar-refractivity contribution in [2.24, 2.45) is 0 Å². The quantitative estimate of drug-likeness (QED) is 0.794. The van der Waals surface area contributed by atoms with Crippen molar-refractivity contribution in [1.82, 2.24) is 20.1 Å². The van der Waals surface area contributed by atoms with Gasteiger partial charge in [-0.15, -0.1) is 0 Å². The average molecular weight is 351 g/mol. The molecule has 1 atom stereocenters. The summed E-state index contributed by atoms with van der Waals surface area (Å²) in [5.74, 6) is 1.07. The fourth-order valence-electron chi connectivity index (χ4n) is 2.52. The highest BCUT2D eigenvalue weighted by Crippen LogP contribution is 2.14. The minimum Gasteiger partial charge on any atom is -0.313 e. The van der Waals surface area contributed by atoms with Crippen LogP contribution in [0.5, 0.6) is 0 Å². The van der Waals surface area contributed by atoms with E-state index in [0.717, 1.165) is 42.6 Å². The molecule has 0 aliphatic carbocycles. The first-order valence-corrected chi connectivity index (χ1v) is 8.36. The second-order valence-electron chi connectivity index (χ2n) is 5.19. The lowest BCUT2D eigenvalue weighted by Gasteiger charge is -2.18. The molecule has 0 aliphatic rings. The number of aromatic nitrogens is 3. The van der Waals surface area contributed by atoms with Crippen LogP contribution < -0.4 is 5.32 Å². The molecule has 0 amide bonds. The van der Waals surface area contributed by atoms with Gasteiger partial charge in [-0.2, -0.15) is 5.10 Å². The zero-order chi connectivity index (χ0) is 15.1. The SMILES string of the molecule is CCCn1ncnc1CC(Cc1cccc(Br)c1)NCC. The molecule has 0 saturated carbocycles. The lowest BCUT2D eigenvalue weighted by atomic mass is 10.0. The van der Waals surface area contributed by atoms with Crippen LogP contribution in [0.1, 0.15) is 31.7 Å². The maximum Gasteiger partial charge on any atom is 0.138 e. The predicted molar refractivity (Wildman–Crippen MR) is 89.3 cm³/mol. The van der Waals surface area contributed by atoms with Gasteiger partial charge in [-0.3, -0.25) is 4.68 Å². The van der Waals surface area contributed by atoms with Gasteiger partial charge in [0, 0.05) is 23.5 Å². The van der Waals surface area contributed by atoms with E-state index in [-0.39, 0.29) is 0 Å². The van der Waals surface area contributed by atoms with Crippen molar-refractivity contribution in [3.05, 3.63) is 46.5 Å². The molecule has 0 spiro atoms. The van der Waals surface area contributed by atoms with Gasteiger partial charge in [0.1, 0.15) is 12.2 Å². The van der Waals surface area contributed by atoms with Gasteiger partial charge in [0.15, 0.2) is 0 Å². The van der Waals surface area contributed by atoms with Gasteiger partial charge in [-0.25, -0.2) is 4.98 Å². The molecule has 2 rings (SSSR count). The van der Waals surface area contributed by atoms with E-state index in [1.165, 1.54) is 5.56 Å². The van der Waals surface area contributed by atoms with E-state index in [1.54, 1.807) is 6.33 Å². The second-order valence-corrected chi connectivity index (χ2v) is 6.11. The van der Waals surface area contributed by atoms with Crippen LogP contribution >= 0.6 is 15.9 Å². The van der Waals surface area contributed by atoms with Crippen molar-refractivity contribution in [3.63, 3.8) is 0 Å². The fourth-order valence-corrected chi connectivity index (χ4v) is 2.97. The minimum absolute atomic E-state index is 0.379. The highest BCUT2D eigenvalue weighted by molar-refractivity contribution is 9.10. The Morgan fingerprint density at radius 3 is 2.86 bits per heavy atom. The summed E-state index contributed by atoms with van der Waals surface area (Å²) < 4.78 is 3.15. The number of likely N-dealkylation sites (N-methyl/N-ethyl adjacent to an activating group) is 1. The van der Waals surface area contributed by atoms with E-state index < -0.39 is 0 Å². The van der Waals surface area contributed by atoms with E-state index >= 15 is 0 Å². The third-order valence-corrected chi connectivity index (χ3v) is 3.92. The molecule has 0 saturated heterocycles. The number of hydrogen-bond donors (Lipinski definition) is 1. The minimum atomic E-state index is 0.379. The van der Waals surface area contributed by atoms with Gasteiger partial charge in [0.2, 0.25) is 0 Å². The van der Waals surface area contributed by atoms with Crippen molar-refractivity contribution in [2.45, 2.75) is 45.7 Å². The molecule has 4 nitrogen and oxygen atoms in total. The van der Waals surface area contributed by atoms with Crippen molar-refractivity contribution in [2.75, 3.05) is 6.54 Å². The number of rotatable bonds is 8. The Morgan fingerprint density at radius 2 is 2.14 bits per heavy atom. The molecule has 1 unspecified atom stereocenters. The Labute approximate surface area is 135 Å². The molecule has 5 heteroatoms. The molecule has 114 valence electrons. The largest absolute Gasteiger partial charge is 0.313 e. The summed E-state index contributed by atoms with van der Waals surface area (Å²) >= 11 is 3.54. The number of halogens is 1. The van der Waals surface area contributed by atoms with Gasteiger partial charge < -0.3 is 5.32 Å². The molecule has 2 aromatic rings. The van der Waals surface area contributed by atoms with E-state index in [0.29, 0.717) is 6.04 Å². The Balaban J connectivity index is 2.06. The maximum absolute atomic E-state index is 4.42. The van der Waals surface area contributed by atoms with Gasteiger partial charge in [0.25, 0.3) is 0 Å². The molecule has 1 aromatic carbocycles. The van der Waals surface area contributed by atoms with Crippen LogP contribution in [-0.2, 0) is 19.4 Å². The Hall–Kier alpha value is -1.20. The van der Waals surface area contributed by atoms with Crippen molar-refractivity contribution < 1.29 is 0 Å². The number of nitrogens with zero attached hydrogens (tertiary/aromatic N) is 3. The molecule has 1 aromatic heterocycles. The standard InChI is InChI=1S/C16H23BrN4/c1-3-8-21-16(19-12-20-21)11-15(18-4-2)10-13-6-5-7-14(17)9-13/h5-7,9,12,15,18H,3-4,8,10-11H2,1-2H3. The smallest absolute Gasteiger partial charge is 0.138 e. The monoisotopic (exact) mass is 350 g/mol. The summed E-state index contributed by atoms with van der Waals surface area (Å²) in [6.07, 6.45) is 4.63. The van der Waals surface area contributed by atoms with Crippen LogP contribution in [0.15, 0.2) is 35.1 Å². The van der Waals surface area contributed by atoms with E-state index in [9.17, 15) is 0 Å². The molecule has 0 fully saturated rings. The predicted octanol–water partition coefficient (Wildman–Crippen LogP) is 3.21. The molecule has 0 bridgehead atoms. The molecule has 0 aliphatic heterocycles. The molecule has 0 radical (unpaired) electrons. The Morgan fingerprint density at radius 1 is 1.29 bits per heavy atom. The molecule has 1 N–H and O–H groups in total. The van der Waals surface area contributed by atoms with Crippen molar-refractivity contribution in [1.29, 1.82) is 0 Å². The van der Waals surface area contributed by atoms with Crippen LogP contribution in [0.25, 0.3) is 0 Å². The van der Waals surface area contributed by atoms with Gasteiger partial charge in [-0.1, -0.05) is 41.9 Å². The third kappa shape index (κ3) is 4.93. The first-order chi connectivity index (χ1) is 10.2. The van der Waals surface area contributed by atoms with Crippen molar-refractivity contribution >= 4 is 15.9 Å². The first kappa shape index (κ1) is 16.2. The van der Waals surface area contributed by atoms with Gasteiger partial charge >= 0.3 is 0 Å². The lowest BCUT2D eigenvalue weighted by molar-refractivity contribution is 0.482. The third-order valence-electron chi connectivity index (χ3n) is 3.42. The number of hydrogen-bond acceptors (Lipinski definition) is 3. The topological polar surface area (TPSA) is 42.7 Å². The second kappa shape index (κ2) is 8.29.